The molecule has 1 amide bonds. The number of esters is 1. The van der Waals surface area contributed by atoms with Crippen LogP contribution in [0.5, 0.6) is 5.75 Å². The first-order valence-corrected chi connectivity index (χ1v) is 9.09. The van der Waals surface area contributed by atoms with Crippen LogP contribution in [0.25, 0.3) is 6.08 Å². The maximum Gasteiger partial charge on any atom is 0.387 e. The van der Waals surface area contributed by atoms with Crippen molar-refractivity contribution in [3.63, 3.8) is 0 Å². The molecule has 2 rings (SSSR count). The summed E-state index contributed by atoms with van der Waals surface area (Å²) in [7, 11) is 0. The third-order valence-corrected chi connectivity index (χ3v) is 4.62. The van der Waals surface area contributed by atoms with E-state index in [-0.39, 0.29) is 17.7 Å². The number of hydrogen-bond acceptors (Lipinski definition) is 4. The second-order valence-electron chi connectivity index (χ2n) is 6.74. The standard InChI is InChI=1S/C20H25F2NO4/c1-13-5-3-4-6-17(13)23-19(25)14(2)26-18(24)12-9-15-7-10-16(11-8-15)27-20(21)22/h7-14,17,20H,3-6H2,1-2H3,(H,23,25)/b12-9+/t13-,14-,17-/m1/s1. The van der Waals surface area contributed by atoms with Crippen LogP contribution in [0.15, 0.2) is 30.3 Å². The summed E-state index contributed by atoms with van der Waals surface area (Å²) in [6, 6.07) is 5.93. The smallest absolute Gasteiger partial charge is 0.387 e. The molecule has 0 saturated heterocycles. The summed E-state index contributed by atoms with van der Waals surface area (Å²) in [4.78, 5) is 24.1. The molecule has 1 fully saturated rings. The molecule has 148 valence electrons. The Balaban J connectivity index is 1.81. The maximum absolute atomic E-state index is 12.2. The average Bonchev–Trinajstić information content (AvgIpc) is 2.62. The van der Waals surface area contributed by atoms with Crippen molar-refractivity contribution in [2.24, 2.45) is 5.92 Å². The summed E-state index contributed by atoms with van der Waals surface area (Å²) in [6.45, 7) is 0.761. The number of carbonyl (C=O) groups is 2. The van der Waals surface area contributed by atoms with Crippen LogP contribution in [0.1, 0.15) is 45.1 Å². The van der Waals surface area contributed by atoms with Gasteiger partial charge in [-0.1, -0.05) is 31.9 Å². The Bertz CT molecular complexity index is 660. The molecule has 1 N–H and O–H groups in total. The van der Waals surface area contributed by atoms with Gasteiger partial charge >= 0.3 is 12.6 Å². The van der Waals surface area contributed by atoms with Crippen LogP contribution in [-0.2, 0) is 14.3 Å². The fourth-order valence-electron chi connectivity index (χ4n) is 3.02. The van der Waals surface area contributed by atoms with Crippen molar-refractivity contribution >= 4 is 18.0 Å². The molecule has 1 saturated carbocycles. The van der Waals surface area contributed by atoms with Gasteiger partial charge in [-0.3, -0.25) is 4.79 Å². The minimum Gasteiger partial charge on any atom is -0.449 e. The van der Waals surface area contributed by atoms with Gasteiger partial charge in [-0.05, 0) is 49.5 Å². The molecule has 0 heterocycles. The second-order valence-corrected chi connectivity index (χ2v) is 6.74. The highest BCUT2D eigenvalue weighted by Crippen LogP contribution is 2.23. The molecule has 1 aromatic carbocycles. The number of rotatable bonds is 7. The lowest BCUT2D eigenvalue weighted by molar-refractivity contribution is -0.150. The van der Waals surface area contributed by atoms with Gasteiger partial charge < -0.3 is 14.8 Å². The van der Waals surface area contributed by atoms with E-state index in [1.165, 1.54) is 49.8 Å². The van der Waals surface area contributed by atoms with Crippen molar-refractivity contribution in [2.45, 2.75) is 58.3 Å². The predicted molar refractivity (Wildman–Crippen MR) is 97.2 cm³/mol. The molecule has 0 radical (unpaired) electrons. The second kappa shape index (κ2) is 10.0. The zero-order valence-corrected chi connectivity index (χ0v) is 15.5. The quantitative estimate of drug-likeness (QED) is 0.574. The molecule has 27 heavy (non-hydrogen) atoms. The Hall–Kier alpha value is -2.44. The van der Waals surface area contributed by atoms with Gasteiger partial charge in [0.25, 0.3) is 5.91 Å². The molecule has 0 aliphatic heterocycles. The van der Waals surface area contributed by atoms with E-state index in [1.807, 2.05) is 0 Å². The maximum atomic E-state index is 12.2. The Kier molecular flexibility index (Phi) is 7.76. The van der Waals surface area contributed by atoms with Crippen molar-refractivity contribution in [3.05, 3.63) is 35.9 Å². The highest BCUT2D eigenvalue weighted by atomic mass is 19.3. The van der Waals surface area contributed by atoms with E-state index in [0.717, 1.165) is 19.3 Å². The van der Waals surface area contributed by atoms with E-state index >= 15 is 0 Å². The Morgan fingerprint density at radius 3 is 2.48 bits per heavy atom. The summed E-state index contributed by atoms with van der Waals surface area (Å²) < 4.78 is 33.6. The van der Waals surface area contributed by atoms with Crippen molar-refractivity contribution in [3.8, 4) is 5.75 Å². The zero-order valence-electron chi connectivity index (χ0n) is 15.5. The number of halogens is 2. The van der Waals surface area contributed by atoms with Crippen LogP contribution in [0.4, 0.5) is 8.78 Å². The number of nitrogens with one attached hydrogen (secondary N) is 1. The normalized spacial score (nSPS) is 21.1. The lowest BCUT2D eigenvalue weighted by atomic mass is 9.86. The van der Waals surface area contributed by atoms with Gasteiger partial charge in [0, 0.05) is 12.1 Å². The number of ether oxygens (including phenoxy) is 2. The minimum atomic E-state index is -2.88. The number of alkyl halides is 2. The molecule has 3 atom stereocenters. The molecule has 0 spiro atoms. The van der Waals surface area contributed by atoms with E-state index < -0.39 is 18.7 Å². The van der Waals surface area contributed by atoms with Crippen molar-refractivity contribution in [1.82, 2.24) is 5.32 Å². The van der Waals surface area contributed by atoms with E-state index in [9.17, 15) is 18.4 Å². The largest absolute Gasteiger partial charge is 0.449 e. The molecule has 0 unspecified atom stereocenters. The summed E-state index contributed by atoms with van der Waals surface area (Å²) in [5, 5.41) is 2.95. The van der Waals surface area contributed by atoms with Gasteiger partial charge in [-0.2, -0.15) is 8.78 Å². The fraction of sp³-hybridized carbons (Fsp3) is 0.500. The van der Waals surface area contributed by atoms with Crippen LogP contribution in [-0.4, -0.2) is 30.6 Å². The fourth-order valence-corrected chi connectivity index (χ4v) is 3.02. The van der Waals surface area contributed by atoms with Gasteiger partial charge in [0.05, 0.1) is 0 Å². The van der Waals surface area contributed by atoms with Crippen LogP contribution in [0.2, 0.25) is 0 Å². The third kappa shape index (κ3) is 7.00. The molecule has 5 nitrogen and oxygen atoms in total. The Morgan fingerprint density at radius 1 is 1.19 bits per heavy atom. The third-order valence-electron chi connectivity index (χ3n) is 4.62. The SMILES string of the molecule is C[C@@H]1CCCC[C@H]1NC(=O)[C@@H](C)OC(=O)/C=C/c1ccc(OC(F)F)cc1. The van der Waals surface area contributed by atoms with Gasteiger partial charge in [0.1, 0.15) is 5.75 Å². The lowest BCUT2D eigenvalue weighted by Crippen LogP contribution is -2.45. The number of hydrogen-bond donors (Lipinski definition) is 1. The van der Waals surface area contributed by atoms with Crippen LogP contribution in [0.3, 0.4) is 0 Å². The first kappa shape index (κ1) is 20.9. The Morgan fingerprint density at radius 2 is 1.85 bits per heavy atom. The van der Waals surface area contributed by atoms with Gasteiger partial charge in [-0.15, -0.1) is 0 Å². The van der Waals surface area contributed by atoms with Crippen molar-refractivity contribution < 1.29 is 27.8 Å². The molecule has 0 aromatic heterocycles. The van der Waals surface area contributed by atoms with Gasteiger partial charge in [0.15, 0.2) is 6.10 Å². The van der Waals surface area contributed by atoms with Crippen LogP contribution >= 0.6 is 0 Å². The summed E-state index contributed by atoms with van der Waals surface area (Å²) >= 11 is 0. The first-order valence-electron chi connectivity index (χ1n) is 9.09. The van der Waals surface area contributed by atoms with Gasteiger partial charge in [-0.25, -0.2) is 4.79 Å². The van der Waals surface area contributed by atoms with E-state index in [0.29, 0.717) is 11.5 Å². The van der Waals surface area contributed by atoms with E-state index in [4.69, 9.17) is 4.74 Å². The van der Waals surface area contributed by atoms with Crippen LogP contribution < -0.4 is 10.1 Å². The van der Waals surface area contributed by atoms with Crippen LogP contribution in [0, 0.1) is 5.92 Å². The molecule has 0 bridgehead atoms. The molecule has 7 heteroatoms. The first-order chi connectivity index (χ1) is 12.8. The number of carbonyl (C=O) groups excluding carboxylic acids is 2. The number of benzene rings is 1. The highest BCUT2D eigenvalue weighted by molar-refractivity contribution is 5.90. The highest BCUT2D eigenvalue weighted by Gasteiger charge is 2.25. The average molecular weight is 381 g/mol. The van der Waals surface area contributed by atoms with Gasteiger partial charge in [0.2, 0.25) is 0 Å². The van der Waals surface area contributed by atoms with E-state index in [1.54, 1.807) is 0 Å². The molecular weight excluding hydrogens is 356 g/mol. The molecular formula is C20H25F2NO4. The summed E-state index contributed by atoms with van der Waals surface area (Å²) in [5.74, 6) is -0.499. The lowest BCUT2D eigenvalue weighted by Gasteiger charge is -2.30. The monoisotopic (exact) mass is 381 g/mol. The molecule has 1 aliphatic carbocycles. The van der Waals surface area contributed by atoms with Crippen molar-refractivity contribution in [2.75, 3.05) is 0 Å². The Labute approximate surface area is 157 Å². The zero-order chi connectivity index (χ0) is 19.8. The summed E-state index contributed by atoms with van der Waals surface area (Å²) in [6.07, 6.45) is 6.07. The topological polar surface area (TPSA) is 64.6 Å². The minimum absolute atomic E-state index is 0.0342. The molecule has 1 aliphatic rings. The predicted octanol–water partition coefficient (Wildman–Crippen LogP) is 3.93. The number of amides is 1. The molecule has 1 aromatic rings. The summed E-state index contributed by atoms with van der Waals surface area (Å²) in [5.41, 5.74) is 0.613. The van der Waals surface area contributed by atoms with Crippen molar-refractivity contribution in [1.29, 1.82) is 0 Å². The van der Waals surface area contributed by atoms with E-state index in [2.05, 4.69) is 17.0 Å².